The summed E-state index contributed by atoms with van der Waals surface area (Å²) in [5.74, 6) is 0.256. The van der Waals surface area contributed by atoms with Crippen LogP contribution in [-0.4, -0.2) is 39.9 Å². The van der Waals surface area contributed by atoms with E-state index >= 15 is 0 Å². The lowest BCUT2D eigenvalue weighted by molar-refractivity contribution is -0.117. The maximum atomic E-state index is 12.7. The number of nitrogens with one attached hydrogen (secondary N) is 2. The number of benzene rings is 1. The Morgan fingerprint density at radius 1 is 1.23 bits per heavy atom. The van der Waals surface area contributed by atoms with Gasteiger partial charge in [-0.2, -0.15) is 0 Å². The van der Waals surface area contributed by atoms with Crippen LogP contribution in [0.2, 0.25) is 10.0 Å². The number of pyridine rings is 1. The quantitative estimate of drug-likeness (QED) is 0.624. The second-order valence-corrected chi connectivity index (χ2v) is 7.41. The van der Waals surface area contributed by atoms with Crippen molar-refractivity contribution >= 4 is 40.8 Å². The molecule has 30 heavy (non-hydrogen) atoms. The minimum absolute atomic E-state index is 0.0687. The highest BCUT2D eigenvalue weighted by atomic mass is 35.5. The van der Waals surface area contributed by atoms with Gasteiger partial charge in [0.15, 0.2) is 5.82 Å². The number of nitrogens with zero attached hydrogens (tertiary/aromatic N) is 3. The number of imidazole rings is 1. The summed E-state index contributed by atoms with van der Waals surface area (Å²) in [5, 5.41) is 3.37. The average Bonchev–Trinajstić information content (AvgIpc) is 3.23. The van der Waals surface area contributed by atoms with Gasteiger partial charge in [0.1, 0.15) is 11.3 Å². The third-order valence-electron chi connectivity index (χ3n) is 4.58. The average molecular weight is 446 g/mol. The number of carbonyl (C=O) groups excluding carboxylic acids is 2. The number of aryl methyl sites for hydroxylation is 1. The molecule has 1 aromatic carbocycles. The normalized spacial score (nSPS) is 12.9. The summed E-state index contributed by atoms with van der Waals surface area (Å²) >= 11 is 12.0. The first-order chi connectivity index (χ1) is 14.5. The lowest BCUT2D eigenvalue weighted by atomic mass is 10.1. The van der Waals surface area contributed by atoms with Crippen molar-refractivity contribution in [3.05, 3.63) is 64.2 Å². The first kappa shape index (κ1) is 20.2. The number of anilines is 1. The summed E-state index contributed by atoms with van der Waals surface area (Å²) in [6, 6.07) is 7.89. The Kier molecular flexibility index (Phi) is 5.87. The Bertz CT molecular complexity index is 1100. The maximum Gasteiger partial charge on any atom is 0.257 e. The van der Waals surface area contributed by atoms with Crippen LogP contribution in [-0.2, 0) is 11.2 Å². The first-order valence-electron chi connectivity index (χ1n) is 9.21. The van der Waals surface area contributed by atoms with E-state index in [4.69, 9.17) is 27.9 Å². The molecule has 0 spiro atoms. The number of ether oxygens (including phenoxy) is 1. The number of hydrogen-bond donors (Lipinski definition) is 2. The minimum atomic E-state index is -0.490. The molecule has 3 aromatic rings. The molecule has 4 rings (SSSR count). The van der Waals surface area contributed by atoms with Gasteiger partial charge in [-0.15, -0.1) is 0 Å². The van der Waals surface area contributed by atoms with Crippen LogP contribution in [0.1, 0.15) is 22.5 Å². The van der Waals surface area contributed by atoms with E-state index in [-0.39, 0.29) is 28.9 Å². The van der Waals surface area contributed by atoms with Gasteiger partial charge < -0.3 is 15.0 Å². The lowest BCUT2D eigenvalue weighted by Crippen LogP contribution is -2.42. The predicted molar refractivity (Wildman–Crippen MR) is 112 cm³/mol. The summed E-state index contributed by atoms with van der Waals surface area (Å²) in [6.45, 7) is 0.379. The lowest BCUT2D eigenvalue weighted by Gasteiger charge is -2.25. The zero-order valence-corrected chi connectivity index (χ0v) is 17.2. The van der Waals surface area contributed by atoms with Crippen molar-refractivity contribution < 1.29 is 14.3 Å². The summed E-state index contributed by atoms with van der Waals surface area (Å²) < 4.78 is 5.70. The highest BCUT2D eigenvalue weighted by molar-refractivity contribution is 6.35. The van der Waals surface area contributed by atoms with Crippen molar-refractivity contribution in [3.8, 4) is 11.6 Å². The molecule has 1 aliphatic rings. The third-order valence-corrected chi connectivity index (χ3v) is 5.11. The molecule has 0 saturated carbocycles. The van der Waals surface area contributed by atoms with Gasteiger partial charge in [-0.25, -0.2) is 9.97 Å². The Morgan fingerprint density at radius 2 is 2.10 bits per heavy atom. The van der Waals surface area contributed by atoms with Gasteiger partial charge in [-0.3, -0.25) is 14.5 Å². The monoisotopic (exact) mass is 445 g/mol. The van der Waals surface area contributed by atoms with Gasteiger partial charge >= 0.3 is 0 Å². The molecule has 2 amide bonds. The standard InChI is InChI=1S/C20H17Cl2N5O3/c21-12-5-6-16(14(22)9-12)30-20-13(3-1-7-23-20)19(29)24-10-17(28)27-8-2-4-15-18(27)26-11-25-15/h1,3,5-7,9,11H,2,4,8,10H2,(H,24,29)(H,25,26). The second kappa shape index (κ2) is 8.73. The van der Waals surface area contributed by atoms with E-state index in [9.17, 15) is 9.59 Å². The molecule has 0 radical (unpaired) electrons. The summed E-state index contributed by atoms with van der Waals surface area (Å²) in [7, 11) is 0. The molecule has 154 valence electrons. The number of H-pyrrole nitrogens is 1. The van der Waals surface area contributed by atoms with E-state index in [1.54, 1.807) is 35.5 Å². The zero-order chi connectivity index (χ0) is 21.1. The van der Waals surface area contributed by atoms with Gasteiger partial charge in [0.25, 0.3) is 5.91 Å². The molecule has 8 nitrogen and oxygen atoms in total. The van der Waals surface area contributed by atoms with Gasteiger partial charge in [0.2, 0.25) is 11.8 Å². The van der Waals surface area contributed by atoms with Crippen molar-refractivity contribution in [2.75, 3.05) is 18.0 Å². The Hall–Kier alpha value is -3.10. The molecule has 3 heterocycles. The molecule has 10 heteroatoms. The molecule has 2 aromatic heterocycles. The van der Waals surface area contributed by atoms with Gasteiger partial charge in [-0.1, -0.05) is 23.2 Å². The molecule has 0 unspecified atom stereocenters. The van der Waals surface area contributed by atoms with Gasteiger partial charge in [0, 0.05) is 17.8 Å². The van der Waals surface area contributed by atoms with Crippen LogP contribution < -0.4 is 15.0 Å². The number of fused-ring (bicyclic) bond motifs is 1. The summed E-state index contributed by atoms with van der Waals surface area (Å²) in [5.41, 5.74) is 1.10. The number of carbonyl (C=O) groups is 2. The van der Waals surface area contributed by atoms with E-state index < -0.39 is 5.91 Å². The van der Waals surface area contributed by atoms with Crippen molar-refractivity contribution in [1.82, 2.24) is 20.3 Å². The predicted octanol–water partition coefficient (Wildman–Crippen LogP) is 3.61. The third kappa shape index (κ3) is 4.24. The number of rotatable bonds is 5. The van der Waals surface area contributed by atoms with E-state index in [0.717, 1.165) is 18.5 Å². The second-order valence-electron chi connectivity index (χ2n) is 6.57. The largest absolute Gasteiger partial charge is 0.437 e. The molecule has 0 bridgehead atoms. The van der Waals surface area contributed by atoms with Gasteiger partial charge in [0.05, 0.1) is 23.6 Å². The summed E-state index contributed by atoms with van der Waals surface area (Å²) in [6.07, 6.45) is 4.73. The Morgan fingerprint density at radius 3 is 2.93 bits per heavy atom. The van der Waals surface area contributed by atoms with Crippen LogP contribution in [0.15, 0.2) is 42.9 Å². The highest BCUT2D eigenvalue weighted by Gasteiger charge is 2.25. The molecule has 0 saturated heterocycles. The van der Waals surface area contributed by atoms with Crippen LogP contribution in [0.4, 0.5) is 5.82 Å². The molecular formula is C20H17Cl2N5O3. The molecule has 0 atom stereocenters. The van der Waals surface area contributed by atoms with Crippen LogP contribution in [0, 0.1) is 0 Å². The fourth-order valence-corrected chi connectivity index (χ4v) is 3.59. The molecule has 2 N–H and O–H groups in total. The molecule has 0 fully saturated rings. The number of amides is 2. The minimum Gasteiger partial charge on any atom is -0.437 e. The van der Waals surface area contributed by atoms with Crippen LogP contribution in [0.3, 0.4) is 0 Å². The molecule has 0 aliphatic carbocycles. The Balaban J connectivity index is 1.45. The SMILES string of the molecule is O=C(NCC(=O)N1CCCc2[nH]cnc21)c1cccnc1Oc1ccc(Cl)cc1Cl. The number of hydrogen-bond acceptors (Lipinski definition) is 5. The maximum absolute atomic E-state index is 12.7. The van der Waals surface area contributed by atoms with E-state index in [1.165, 1.54) is 12.3 Å². The summed E-state index contributed by atoms with van der Waals surface area (Å²) in [4.78, 5) is 38.3. The number of aromatic nitrogens is 3. The van der Waals surface area contributed by atoms with Crippen molar-refractivity contribution in [2.24, 2.45) is 0 Å². The van der Waals surface area contributed by atoms with Crippen LogP contribution in [0.5, 0.6) is 11.6 Å². The molecule has 1 aliphatic heterocycles. The smallest absolute Gasteiger partial charge is 0.257 e. The van der Waals surface area contributed by atoms with Crippen molar-refractivity contribution in [2.45, 2.75) is 12.8 Å². The number of aromatic amines is 1. The van der Waals surface area contributed by atoms with Crippen LogP contribution in [0.25, 0.3) is 0 Å². The van der Waals surface area contributed by atoms with Gasteiger partial charge in [-0.05, 0) is 43.2 Å². The van der Waals surface area contributed by atoms with E-state index in [1.807, 2.05) is 0 Å². The van der Waals surface area contributed by atoms with E-state index in [2.05, 4.69) is 20.3 Å². The fraction of sp³-hybridized carbons (Fsp3) is 0.200. The van der Waals surface area contributed by atoms with E-state index in [0.29, 0.717) is 23.1 Å². The topological polar surface area (TPSA) is 100 Å². The number of halogens is 2. The first-order valence-corrected chi connectivity index (χ1v) is 9.97. The fourth-order valence-electron chi connectivity index (χ4n) is 3.15. The zero-order valence-electron chi connectivity index (χ0n) is 15.7. The van der Waals surface area contributed by atoms with Crippen molar-refractivity contribution in [3.63, 3.8) is 0 Å². The molecular weight excluding hydrogens is 429 g/mol. The van der Waals surface area contributed by atoms with Crippen molar-refractivity contribution in [1.29, 1.82) is 0 Å². The highest BCUT2D eigenvalue weighted by Crippen LogP contribution is 2.32. The Labute approximate surface area is 182 Å². The van der Waals surface area contributed by atoms with Crippen LogP contribution >= 0.6 is 23.2 Å².